The van der Waals surface area contributed by atoms with E-state index in [-0.39, 0.29) is 0 Å². The van der Waals surface area contributed by atoms with E-state index in [0.717, 1.165) is 39.0 Å². The first-order valence-corrected chi connectivity index (χ1v) is 12.6. The second-order valence-electron chi connectivity index (χ2n) is 8.76. The van der Waals surface area contributed by atoms with Crippen LogP contribution in [0.2, 0.25) is 0 Å². The summed E-state index contributed by atoms with van der Waals surface area (Å²) in [5.41, 5.74) is 5.02. The first-order chi connectivity index (χ1) is 17.8. The normalized spacial score (nSPS) is 11.2. The standard InChI is InChI=1S/C32H34N4/c1-5-15-29(16-6-1)25-35(26-30-17-7-2-8-18-30)33-23-13-14-24-34-36(27-31-19-9-3-10-20-31)28-32-21-11-4-12-22-32/h1-12,15-24H,13-14,25-28H2/b33-23+,34-24+. The van der Waals surface area contributed by atoms with Crippen molar-refractivity contribution in [1.29, 1.82) is 0 Å². The van der Waals surface area contributed by atoms with Crippen molar-refractivity contribution in [2.24, 2.45) is 10.2 Å². The summed E-state index contributed by atoms with van der Waals surface area (Å²) in [7, 11) is 0. The molecule has 182 valence electrons. The van der Waals surface area contributed by atoms with E-state index >= 15 is 0 Å². The quantitative estimate of drug-likeness (QED) is 0.117. The van der Waals surface area contributed by atoms with Crippen LogP contribution in [0.3, 0.4) is 0 Å². The third-order valence-electron chi connectivity index (χ3n) is 5.75. The average molecular weight is 475 g/mol. The lowest BCUT2D eigenvalue weighted by Gasteiger charge is -2.20. The van der Waals surface area contributed by atoms with E-state index in [2.05, 4.69) is 107 Å². The van der Waals surface area contributed by atoms with Gasteiger partial charge in [0.2, 0.25) is 0 Å². The second kappa shape index (κ2) is 14.3. The molecule has 0 atom stereocenters. The van der Waals surface area contributed by atoms with E-state index in [0.29, 0.717) is 0 Å². The highest BCUT2D eigenvalue weighted by atomic mass is 15.4. The van der Waals surface area contributed by atoms with Crippen molar-refractivity contribution in [2.45, 2.75) is 39.0 Å². The molecule has 0 saturated heterocycles. The topological polar surface area (TPSA) is 31.2 Å². The molecule has 0 fully saturated rings. The molecule has 36 heavy (non-hydrogen) atoms. The van der Waals surface area contributed by atoms with Crippen LogP contribution in [0.5, 0.6) is 0 Å². The Hall–Kier alpha value is -4.18. The van der Waals surface area contributed by atoms with E-state index in [9.17, 15) is 0 Å². The summed E-state index contributed by atoms with van der Waals surface area (Å²) in [4.78, 5) is 0. The van der Waals surface area contributed by atoms with E-state index < -0.39 is 0 Å². The lowest BCUT2D eigenvalue weighted by atomic mass is 10.2. The van der Waals surface area contributed by atoms with Crippen LogP contribution in [0.15, 0.2) is 132 Å². The third-order valence-corrected chi connectivity index (χ3v) is 5.75. The molecule has 4 aromatic carbocycles. The molecule has 0 radical (unpaired) electrons. The van der Waals surface area contributed by atoms with E-state index in [1.54, 1.807) is 0 Å². The number of rotatable bonds is 13. The van der Waals surface area contributed by atoms with Crippen LogP contribution in [-0.4, -0.2) is 22.4 Å². The van der Waals surface area contributed by atoms with Gasteiger partial charge in [-0.25, -0.2) is 0 Å². The Morgan fingerprint density at radius 2 is 0.639 bits per heavy atom. The summed E-state index contributed by atoms with van der Waals surface area (Å²) in [5.74, 6) is 0. The smallest absolute Gasteiger partial charge is 0.0614 e. The zero-order valence-corrected chi connectivity index (χ0v) is 20.7. The summed E-state index contributed by atoms with van der Waals surface area (Å²) in [6.07, 6.45) is 5.70. The van der Waals surface area contributed by atoms with Gasteiger partial charge < -0.3 is 0 Å². The largest absolute Gasteiger partial charge is 0.289 e. The van der Waals surface area contributed by atoms with Crippen LogP contribution >= 0.6 is 0 Å². The Kier molecular flexibility index (Phi) is 9.88. The molecule has 0 saturated carbocycles. The fourth-order valence-corrected chi connectivity index (χ4v) is 3.95. The van der Waals surface area contributed by atoms with Gasteiger partial charge in [0.05, 0.1) is 26.2 Å². The van der Waals surface area contributed by atoms with Gasteiger partial charge in [0, 0.05) is 12.4 Å². The van der Waals surface area contributed by atoms with Crippen LogP contribution in [0.25, 0.3) is 0 Å². The molecule has 0 unspecified atom stereocenters. The van der Waals surface area contributed by atoms with Gasteiger partial charge in [0.1, 0.15) is 0 Å². The number of benzene rings is 4. The molecule has 0 spiro atoms. The predicted molar refractivity (Wildman–Crippen MR) is 150 cm³/mol. The zero-order valence-electron chi connectivity index (χ0n) is 20.7. The number of unbranched alkanes of at least 4 members (excludes halogenated alkanes) is 1. The monoisotopic (exact) mass is 474 g/mol. The highest BCUT2D eigenvalue weighted by Gasteiger charge is 2.05. The lowest BCUT2D eigenvalue weighted by Crippen LogP contribution is -2.17. The van der Waals surface area contributed by atoms with Crippen molar-refractivity contribution < 1.29 is 0 Å². The third kappa shape index (κ3) is 8.88. The average Bonchev–Trinajstić information content (AvgIpc) is 2.93. The molecule has 4 nitrogen and oxygen atoms in total. The Bertz CT molecular complexity index is 996. The van der Waals surface area contributed by atoms with Gasteiger partial charge in [-0.1, -0.05) is 121 Å². The summed E-state index contributed by atoms with van der Waals surface area (Å²) in [6.45, 7) is 3.12. The SMILES string of the molecule is C(/CC/C=N/N(Cc1ccccc1)Cc1ccccc1)=N\N(Cc1ccccc1)Cc1ccccc1. The van der Waals surface area contributed by atoms with Crippen molar-refractivity contribution in [2.75, 3.05) is 0 Å². The zero-order chi connectivity index (χ0) is 24.7. The molecule has 4 aromatic rings. The molecule has 0 aliphatic heterocycles. The van der Waals surface area contributed by atoms with Crippen molar-refractivity contribution in [3.8, 4) is 0 Å². The van der Waals surface area contributed by atoms with Crippen LogP contribution < -0.4 is 0 Å². The molecule has 0 aliphatic rings. The van der Waals surface area contributed by atoms with Crippen LogP contribution in [0.4, 0.5) is 0 Å². The Labute approximate surface area is 215 Å². The fourth-order valence-electron chi connectivity index (χ4n) is 3.95. The van der Waals surface area contributed by atoms with Gasteiger partial charge in [-0.2, -0.15) is 10.2 Å². The molecule has 0 aliphatic carbocycles. The lowest BCUT2D eigenvalue weighted by molar-refractivity contribution is 0.271. The van der Waals surface area contributed by atoms with Gasteiger partial charge in [-0.05, 0) is 35.1 Å². The van der Waals surface area contributed by atoms with Gasteiger partial charge in [-0.3, -0.25) is 10.0 Å². The van der Waals surface area contributed by atoms with Crippen molar-refractivity contribution in [1.82, 2.24) is 10.0 Å². The minimum absolute atomic E-state index is 0.780. The molecule has 0 heterocycles. The Balaban J connectivity index is 1.34. The highest BCUT2D eigenvalue weighted by Crippen LogP contribution is 2.12. The van der Waals surface area contributed by atoms with Crippen LogP contribution in [-0.2, 0) is 26.2 Å². The molecule has 0 aromatic heterocycles. The highest BCUT2D eigenvalue weighted by molar-refractivity contribution is 5.65. The van der Waals surface area contributed by atoms with Gasteiger partial charge in [0.15, 0.2) is 0 Å². The Morgan fingerprint density at radius 1 is 0.389 bits per heavy atom. The maximum absolute atomic E-state index is 4.80. The first kappa shape index (κ1) is 24.9. The maximum Gasteiger partial charge on any atom is 0.0614 e. The van der Waals surface area contributed by atoms with E-state index in [4.69, 9.17) is 10.2 Å². The number of hydrogen-bond donors (Lipinski definition) is 0. The molecule has 0 bridgehead atoms. The van der Waals surface area contributed by atoms with E-state index in [1.807, 2.05) is 36.7 Å². The fraction of sp³-hybridized carbons (Fsp3) is 0.188. The van der Waals surface area contributed by atoms with Gasteiger partial charge >= 0.3 is 0 Å². The van der Waals surface area contributed by atoms with Crippen LogP contribution in [0.1, 0.15) is 35.1 Å². The molecular formula is C32H34N4. The second-order valence-corrected chi connectivity index (χ2v) is 8.76. The summed E-state index contributed by atoms with van der Waals surface area (Å²) in [6, 6.07) is 42.0. The number of hydrogen-bond acceptors (Lipinski definition) is 4. The molecular weight excluding hydrogens is 440 g/mol. The van der Waals surface area contributed by atoms with Gasteiger partial charge in [-0.15, -0.1) is 0 Å². The molecule has 4 heteroatoms. The minimum atomic E-state index is 0.780. The Morgan fingerprint density at radius 3 is 0.889 bits per heavy atom. The molecule has 0 amide bonds. The van der Waals surface area contributed by atoms with Crippen molar-refractivity contribution >= 4 is 12.4 Å². The summed E-state index contributed by atoms with van der Waals surface area (Å²) in [5, 5.41) is 13.8. The molecule has 4 rings (SSSR count). The van der Waals surface area contributed by atoms with E-state index in [1.165, 1.54) is 22.3 Å². The van der Waals surface area contributed by atoms with Gasteiger partial charge in [0.25, 0.3) is 0 Å². The van der Waals surface area contributed by atoms with Crippen molar-refractivity contribution in [3.63, 3.8) is 0 Å². The van der Waals surface area contributed by atoms with Crippen molar-refractivity contribution in [3.05, 3.63) is 144 Å². The number of hydrazone groups is 2. The van der Waals surface area contributed by atoms with Crippen LogP contribution in [0, 0.1) is 0 Å². The molecule has 0 N–H and O–H groups in total. The number of nitrogens with zero attached hydrogens (tertiary/aromatic N) is 4. The predicted octanol–water partition coefficient (Wildman–Crippen LogP) is 7.14. The summed E-state index contributed by atoms with van der Waals surface area (Å²) >= 11 is 0. The first-order valence-electron chi connectivity index (χ1n) is 12.6. The maximum atomic E-state index is 4.80. The summed E-state index contributed by atoms with van der Waals surface area (Å²) < 4.78 is 0. The minimum Gasteiger partial charge on any atom is -0.289 e.